The molecule has 8 heteroatoms. The highest BCUT2D eigenvalue weighted by molar-refractivity contribution is 5.76. The third kappa shape index (κ3) is 10.0. The van der Waals surface area contributed by atoms with Gasteiger partial charge in [-0.3, -0.25) is 14.4 Å². The Morgan fingerprint density at radius 2 is 1.59 bits per heavy atom. The van der Waals surface area contributed by atoms with E-state index in [9.17, 15) is 19.2 Å². The summed E-state index contributed by atoms with van der Waals surface area (Å²) in [5, 5.41) is 0.951. The van der Waals surface area contributed by atoms with E-state index in [0.29, 0.717) is 30.9 Å². The van der Waals surface area contributed by atoms with E-state index in [4.69, 9.17) is 13.9 Å². The molecule has 3 aromatic rings. The molecule has 8 nitrogen and oxygen atoms in total. The van der Waals surface area contributed by atoms with Crippen molar-refractivity contribution in [2.75, 3.05) is 6.61 Å². The quantitative estimate of drug-likeness (QED) is 0.219. The summed E-state index contributed by atoms with van der Waals surface area (Å²) in [5.41, 5.74) is 1.47. The molecular formula is C31H36O8. The maximum atomic E-state index is 10.9. The minimum Gasteiger partial charge on any atom is -0.466 e. The largest absolute Gasteiger partial charge is 0.466 e. The van der Waals surface area contributed by atoms with Crippen LogP contribution >= 0.6 is 0 Å². The Kier molecular flexibility index (Phi) is 11.7. The molecule has 1 aromatic heterocycles. The van der Waals surface area contributed by atoms with E-state index in [-0.39, 0.29) is 29.6 Å². The molecule has 2 atom stereocenters. The maximum Gasteiger partial charge on any atom is 0.336 e. The minimum absolute atomic E-state index is 0.0214. The number of benzene rings is 2. The van der Waals surface area contributed by atoms with Crippen molar-refractivity contribution in [3.8, 4) is 5.75 Å². The lowest BCUT2D eigenvalue weighted by molar-refractivity contribution is -0.160. The minimum atomic E-state index is -0.302. The second-order valence-corrected chi connectivity index (χ2v) is 9.41. The lowest BCUT2D eigenvalue weighted by Crippen LogP contribution is -2.34. The predicted molar refractivity (Wildman–Crippen MR) is 146 cm³/mol. The first-order chi connectivity index (χ1) is 18.9. The van der Waals surface area contributed by atoms with Crippen LogP contribution in [0.25, 0.3) is 11.0 Å². The van der Waals surface area contributed by atoms with Gasteiger partial charge in [0.2, 0.25) is 0 Å². The average molecular weight is 537 g/mol. The first-order valence-electron chi connectivity index (χ1n) is 13.5. The molecule has 2 aromatic carbocycles. The number of para-hydroxylation sites is 2. The first kappa shape index (κ1) is 29.6. The molecule has 3 heterocycles. The maximum absolute atomic E-state index is 10.9. The molecule has 3 aliphatic rings. The van der Waals surface area contributed by atoms with Crippen LogP contribution < -0.4 is 10.4 Å². The molecule has 0 spiro atoms. The van der Waals surface area contributed by atoms with Crippen molar-refractivity contribution >= 4 is 28.9 Å². The Labute approximate surface area is 228 Å². The van der Waals surface area contributed by atoms with Crippen LogP contribution in [0, 0.1) is 5.92 Å². The number of esters is 3. The van der Waals surface area contributed by atoms with Gasteiger partial charge in [-0.15, -0.1) is 0 Å². The average Bonchev–Trinajstić information content (AvgIpc) is 2.94. The van der Waals surface area contributed by atoms with Gasteiger partial charge < -0.3 is 18.6 Å². The normalized spacial score (nSPS) is 19.0. The van der Waals surface area contributed by atoms with E-state index in [2.05, 4.69) is 4.74 Å². The Hall–Kier alpha value is -3.94. The number of ether oxygens (including phenoxy) is 3. The second-order valence-electron chi connectivity index (χ2n) is 9.41. The van der Waals surface area contributed by atoms with E-state index >= 15 is 0 Å². The summed E-state index contributed by atoms with van der Waals surface area (Å²) in [6.07, 6.45) is 8.29. The number of hydrogen-bond donors (Lipinski definition) is 0. The fourth-order valence-corrected chi connectivity index (χ4v) is 4.63. The molecule has 39 heavy (non-hydrogen) atoms. The molecule has 2 fully saturated rings. The molecule has 2 aliphatic heterocycles. The van der Waals surface area contributed by atoms with Crippen molar-refractivity contribution in [2.45, 2.75) is 71.3 Å². The summed E-state index contributed by atoms with van der Waals surface area (Å²) >= 11 is 0. The third-order valence-electron chi connectivity index (χ3n) is 6.51. The molecule has 1 saturated heterocycles. The zero-order valence-electron chi connectivity index (χ0n) is 22.6. The molecule has 208 valence electrons. The number of rotatable bonds is 1. The Balaban J connectivity index is 0.000000147. The van der Waals surface area contributed by atoms with Crippen LogP contribution in [-0.2, 0) is 30.3 Å². The summed E-state index contributed by atoms with van der Waals surface area (Å²) < 4.78 is 19.6. The Morgan fingerprint density at radius 1 is 0.846 bits per heavy atom. The van der Waals surface area contributed by atoms with Gasteiger partial charge >= 0.3 is 23.5 Å². The highest BCUT2D eigenvalue weighted by Gasteiger charge is 2.32. The van der Waals surface area contributed by atoms with Crippen molar-refractivity contribution in [2.24, 2.45) is 5.92 Å². The van der Waals surface area contributed by atoms with E-state index in [0.717, 1.165) is 36.0 Å². The predicted octanol–water partition coefficient (Wildman–Crippen LogP) is 5.78. The van der Waals surface area contributed by atoms with Gasteiger partial charge in [-0.25, -0.2) is 4.79 Å². The summed E-state index contributed by atoms with van der Waals surface area (Å²) in [7, 11) is 0. The fraction of sp³-hybridized carbons (Fsp3) is 0.419. The molecule has 2 unspecified atom stereocenters. The monoisotopic (exact) mass is 536 g/mol. The molecule has 6 rings (SSSR count). The van der Waals surface area contributed by atoms with Crippen molar-refractivity contribution in [1.82, 2.24) is 0 Å². The number of fused-ring (bicyclic) bond motifs is 3. The summed E-state index contributed by atoms with van der Waals surface area (Å²) in [5.74, 6) is 1.11. The van der Waals surface area contributed by atoms with Gasteiger partial charge in [-0.2, -0.15) is 0 Å². The van der Waals surface area contributed by atoms with Gasteiger partial charge in [0.05, 0.1) is 13.0 Å². The summed E-state index contributed by atoms with van der Waals surface area (Å²) in [6, 6.07) is 18.2. The summed E-state index contributed by atoms with van der Waals surface area (Å²) in [4.78, 5) is 42.2. The van der Waals surface area contributed by atoms with E-state index in [1.54, 1.807) is 19.1 Å². The molecule has 1 saturated carbocycles. The molecule has 0 N–H and O–H groups in total. The van der Waals surface area contributed by atoms with E-state index < -0.39 is 0 Å². The number of carbonyl (C=O) groups is 3. The van der Waals surface area contributed by atoms with Crippen molar-refractivity contribution in [3.05, 3.63) is 76.6 Å². The van der Waals surface area contributed by atoms with E-state index in [1.807, 2.05) is 42.5 Å². The first-order valence-corrected chi connectivity index (χ1v) is 13.5. The van der Waals surface area contributed by atoms with Gasteiger partial charge in [0, 0.05) is 24.8 Å². The second kappa shape index (κ2) is 15.5. The molecule has 0 bridgehead atoms. The van der Waals surface area contributed by atoms with Crippen LogP contribution in [-0.4, -0.2) is 30.6 Å². The number of aryl methyl sites for hydroxylation is 1. The van der Waals surface area contributed by atoms with Crippen LogP contribution in [0.2, 0.25) is 0 Å². The third-order valence-corrected chi connectivity index (χ3v) is 6.51. The van der Waals surface area contributed by atoms with Crippen molar-refractivity contribution in [3.63, 3.8) is 0 Å². The van der Waals surface area contributed by atoms with Crippen molar-refractivity contribution in [1.29, 1.82) is 0 Å². The van der Waals surface area contributed by atoms with Crippen LogP contribution in [0.4, 0.5) is 0 Å². The fourth-order valence-electron chi connectivity index (χ4n) is 4.63. The van der Waals surface area contributed by atoms with Gasteiger partial charge in [-0.1, -0.05) is 42.8 Å². The highest BCUT2D eigenvalue weighted by Crippen LogP contribution is 2.33. The zero-order chi connectivity index (χ0) is 28.0. The van der Waals surface area contributed by atoms with Crippen LogP contribution in [0.15, 0.2) is 69.9 Å². The molecule has 1 aliphatic carbocycles. The summed E-state index contributed by atoms with van der Waals surface area (Å²) in [6.45, 7) is 3.65. The van der Waals surface area contributed by atoms with Crippen LogP contribution in [0.1, 0.15) is 64.4 Å². The molecular weight excluding hydrogens is 500 g/mol. The SMILES string of the molecule is CCOC(C)=O.O=C1CCC2CCCCC2O1.O=C1CCc2ccccc2O1.O=c1ccc2ccccc2o1. The lowest BCUT2D eigenvalue weighted by atomic mass is 9.82. The standard InChI is InChI=1S/C9H14O2.C9H8O2.C9H6O2.C4H8O2/c3*10-9-6-5-7-3-1-2-4-8(7)11-9;1-3-6-4(2)5/h7-8H,1-6H2;1-4H,5-6H2;1-6H;3H2,1-2H3. The zero-order valence-corrected chi connectivity index (χ0v) is 22.6. The molecule has 0 amide bonds. The highest BCUT2D eigenvalue weighted by atomic mass is 16.5. The lowest BCUT2D eigenvalue weighted by Gasteiger charge is -2.34. The van der Waals surface area contributed by atoms with Gasteiger partial charge in [0.25, 0.3) is 0 Å². The van der Waals surface area contributed by atoms with Gasteiger partial charge in [0.1, 0.15) is 17.4 Å². The topological polar surface area (TPSA) is 109 Å². The van der Waals surface area contributed by atoms with Crippen LogP contribution in [0.5, 0.6) is 5.75 Å². The molecule has 0 radical (unpaired) electrons. The Morgan fingerprint density at radius 3 is 2.36 bits per heavy atom. The van der Waals surface area contributed by atoms with Gasteiger partial charge in [0.15, 0.2) is 0 Å². The van der Waals surface area contributed by atoms with Gasteiger partial charge in [-0.05, 0) is 68.7 Å². The number of carbonyl (C=O) groups excluding carboxylic acids is 3. The number of hydrogen-bond acceptors (Lipinski definition) is 8. The Bertz CT molecular complexity index is 1290. The van der Waals surface area contributed by atoms with Crippen molar-refractivity contribution < 1.29 is 33.0 Å². The van der Waals surface area contributed by atoms with Crippen LogP contribution in [0.3, 0.4) is 0 Å². The van der Waals surface area contributed by atoms with E-state index in [1.165, 1.54) is 32.3 Å². The smallest absolute Gasteiger partial charge is 0.336 e.